The summed E-state index contributed by atoms with van der Waals surface area (Å²) in [5.74, 6) is 0. The lowest BCUT2D eigenvalue weighted by molar-refractivity contribution is 0.112. The van der Waals surface area contributed by atoms with Gasteiger partial charge in [0.1, 0.15) is 11.9 Å². The highest BCUT2D eigenvalue weighted by Crippen LogP contribution is 2.21. The van der Waals surface area contributed by atoms with E-state index < -0.39 is 0 Å². The summed E-state index contributed by atoms with van der Waals surface area (Å²) < 4.78 is 2.02. The van der Waals surface area contributed by atoms with Gasteiger partial charge >= 0.3 is 0 Å². The van der Waals surface area contributed by atoms with Crippen molar-refractivity contribution in [3.8, 4) is 0 Å². The van der Waals surface area contributed by atoms with Gasteiger partial charge in [-0.15, -0.1) is 0 Å². The molecule has 0 N–H and O–H groups in total. The van der Waals surface area contributed by atoms with Crippen LogP contribution in [-0.4, -0.2) is 15.7 Å². The van der Waals surface area contributed by atoms with Crippen molar-refractivity contribution in [2.24, 2.45) is 0 Å². The Balaban J connectivity index is 2.54. The van der Waals surface area contributed by atoms with Crippen LogP contribution in [0.3, 0.4) is 0 Å². The topological polar surface area (TPSA) is 34.4 Å². The van der Waals surface area contributed by atoms with Gasteiger partial charge in [0.05, 0.1) is 5.52 Å². The molecule has 78 valence electrons. The average Bonchev–Trinajstić information content (AvgIpc) is 2.77. The van der Waals surface area contributed by atoms with E-state index in [4.69, 9.17) is 0 Å². The molecule has 2 heterocycles. The monoisotopic (exact) mass is 210 g/mol. The molecule has 3 aromatic rings. The number of benzene rings is 1. The van der Waals surface area contributed by atoms with Crippen LogP contribution in [0.4, 0.5) is 0 Å². The molecular weight excluding hydrogens is 200 g/mol. The predicted molar refractivity (Wildman–Crippen MR) is 62.8 cm³/mol. The Kier molecular flexibility index (Phi) is 1.80. The molecule has 0 spiro atoms. The minimum atomic E-state index is 0.704. The summed E-state index contributed by atoms with van der Waals surface area (Å²) in [6.45, 7) is 2.03. The number of fused-ring (bicyclic) bond motifs is 3. The number of carbonyl (C=O) groups is 1. The van der Waals surface area contributed by atoms with Crippen molar-refractivity contribution in [3.05, 3.63) is 47.8 Å². The maximum absolute atomic E-state index is 10.8. The fourth-order valence-electron chi connectivity index (χ4n) is 2.05. The SMILES string of the molecule is Cc1cc2nccn2c2ccc(C=O)cc12. The van der Waals surface area contributed by atoms with Crippen molar-refractivity contribution >= 4 is 22.8 Å². The minimum Gasteiger partial charge on any atom is -0.300 e. The molecule has 0 atom stereocenters. The fourth-order valence-corrected chi connectivity index (χ4v) is 2.05. The van der Waals surface area contributed by atoms with E-state index in [9.17, 15) is 4.79 Å². The lowest BCUT2D eigenvalue weighted by atomic mass is 10.1. The normalized spacial score (nSPS) is 11.1. The first-order chi connectivity index (χ1) is 7.79. The number of aryl methyl sites for hydroxylation is 1. The molecule has 0 bridgehead atoms. The maximum Gasteiger partial charge on any atom is 0.150 e. The summed E-state index contributed by atoms with van der Waals surface area (Å²) >= 11 is 0. The van der Waals surface area contributed by atoms with Gasteiger partial charge in [-0.05, 0) is 36.8 Å². The highest BCUT2D eigenvalue weighted by molar-refractivity contribution is 5.90. The summed E-state index contributed by atoms with van der Waals surface area (Å²) in [5, 5.41) is 1.09. The Morgan fingerprint density at radius 1 is 1.31 bits per heavy atom. The summed E-state index contributed by atoms with van der Waals surface area (Å²) in [6.07, 6.45) is 4.58. The number of carbonyl (C=O) groups excluding carboxylic acids is 1. The molecule has 0 fully saturated rings. The minimum absolute atomic E-state index is 0.704. The molecule has 3 heteroatoms. The molecule has 0 radical (unpaired) electrons. The predicted octanol–water partition coefficient (Wildman–Crippen LogP) is 2.61. The second-order valence-corrected chi connectivity index (χ2v) is 3.88. The van der Waals surface area contributed by atoms with Crippen LogP contribution in [-0.2, 0) is 0 Å². The Hall–Kier alpha value is -2.16. The van der Waals surface area contributed by atoms with Crippen LogP contribution >= 0.6 is 0 Å². The molecule has 3 nitrogen and oxygen atoms in total. The van der Waals surface area contributed by atoms with E-state index in [2.05, 4.69) is 4.98 Å². The third-order valence-corrected chi connectivity index (χ3v) is 2.86. The van der Waals surface area contributed by atoms with Crippen LogP contribution in [0.1, 0.15) is 15.9 Å². The van der Waals surface area contributed by atoms with Crippen LogP contribution < -0.4 is 0 Å². The van der Waals surface area contributed by atoms with E-state index >= 15 is 0 Å². The van der Waals surface area contributed by atoms with Crippen LogP contribution in [0, 0.1) is 6.92 Å². The first kappa shape index (κ1) is 9.09. The number of pyridine rings is 1. The quantitative estimate of drug-likeness (QED) is 0.578. The highest BCUT2D eigenvalue weighted by Gasteiger charge is 2.04. The first-order valence-electron chi connectivity index (χ1n) is 5.11. The number of aldehydes is 1. The zero-order valence-electron chi connectivity index (χ0n) is 8.84. The summed E-state index contributed by atoms with van der Waals surface area (Å²) in [4.78, 5) is 15.0. The molecule has 0 aliphatic rings. The van der Waals surface area contributed by atoms with E-state index in [-0.39, 0.29) is 0 Å². The molecule has 0 amide bonds. The first-order valence-corrected chi connectivity index (χ1v) is 5.11. The van der Waals surface area contributed by atoms with Crippen molar-refractivity contribution in [2.75, 3.05) is 0 Å². The van der Waals surface area contributed by atoms with Gasteiger partial charge in [0.15, 0.2) is 0 Å². The number of hydrogen-bond acceptors (Lipinski definition) is 2. The van der Waals surface area contributed by atoms with Crippen molar-refractivity contribution in [1.29, 1.82) is 0 Å². The Labute approximate surface area is 92.3 Å². The number of imidazole rings is 1. The molecule has 0 saturated heterocycles. The van der Waals surface area contributed by atoms with E-state index in [1.807, 2.05) is 41.8 Å². The second-order valence-electron chi connectivity index (χ2n) is 3.88. The number of nitrogens with zero attached hydrogens (tertiary/aromatic N) is 2. The van der Waals surface area contributed by atoms with Crippen molar-refractivity contribution in [1.82, 2.24) is 9.38 Å². The number of rotatable bonds is 1. The molecular formula is C13H10N2O. The van der Waals surface area contributed by atoms with Gasteiger partial charge in [0.2, 0.25) is 0 Å². The highest BCUT2D eigenvalue weighted by atomic mass is 16.1. The van der Waals surface area contributed by atoms with Crippen molar-refractivity contribution < 1.29 is 4.79 Å². The van der Waals surface area contributed by atoms with E-state index in [0.717, 1.165) is 28.4 Å². The van der Waals surface area contributed by atoms with Gasteiger partial charge in [-0.3, -0.25) is 9.20 Å². The van der Waals surface area contributed by atoms with Crippen LogP contribution in [0.5, 0.6) is 0 Å². The van der Waals surface area contributed by atoms with Crippen LogP contribution in [0.25, 0.3) is 16.6 Å². The molecule has 0 aliphatic heterocycles. The van der Waals surface area contributed by atoms with Gasteiger partial charge < -0.3 is 0 Å². The molecule has 0 saturated carbocycles. The largest absolute Gasteiger partial charge is 0.300 e. The fraction of sp³-hybridized carbons (Fsp3) is 0.0769. The smallest absolute Gasteiger partial charge is 0.150 e. The molecule has 1 aromatic carbocycles. The third kappa shape index (κ3) is 1.15. The van der Waals surface area contributed by atoms with Gasteiger partial charge in [-0.1, -0.05) is 0 Å². The summed E-state index contributed by atoms with van der Waals surface area (Å²) in [7, 11) is 0. The lowest BCUT2D eigenvalue weighted by Gasteiger charge is -2.06. The van der Waals surface area contributed by atoms with Crippen LogP contribution in [0.2, 0.25) is 0 Å². The van der Waals surface area contributed by atoms with Crippen molar-refractivity contribution in [2.45, 2.75) is 6.92 Å². The maximum atomic E-state index is 10.8. The molecule has 0 unspecified atom stereocenters. The van der Waals surface area contributed by atoms with Crippen molar-refractivity contribution in [3.63, 3.8) is 0 Å². The summed E-state index contributed by atoms with van der Waals surface area (Å²) in [5.41, 5.74) is 3.86. The van der Waals surface area contributed by atoms with E-state index in [1.54, 1.807) is 6.20 Å². The third-order valence-electron chi connectivity index (χ3n) is 2.86. The van der Waals surface area contributed by atoms with E-state index in [1.165, 1.54) is 0 Å². The van der Waals surface area contributed by atoms with Gasteiger partial charge in [0.25, 0.3) is 0 Å². The molecule has 2 aromatic heterocycles. The average molecular weight is 210 g/mol. The zero-order valence-corrected chi connectivity index (χ0v) is 8.84. The second kappa shape index (κ2) is 3.17. The number of aromatic nitrogens is 2. The number of hydrogen-bond donors (Lipinski definition) is 0. The molecule has 0 aliphatic carbocycles. The molecule has 3 rings (SSSR count). The van der Waals surface area contributed by atoms with Crippen LogP contribution in [0.15, 0.2) is 36.7 Å². The zero-order chi connectivity index (χ0) is 11.1. The van der Waals surface area contributed by atoms with Gasteiger partial charge in [0, 0.05) is 23.3 Å². The van der Waals surface area contributed by atoms with E-state index in [0.29, 0.717) is 5.56 Å². The Morgan fingerprint density at radius 3 is 3.00 bits per heavy atom. The Morgan fingerprint density at radius 2 is 2.19 bits per heavy atom. The summed E-state index contributed by atoms with van der Waals surface area (Å²) in [6, 6.07) is 7.73. The standard InChI is InChI=1S/C13H10N2O/c1-9-6-13-14-4-5-15(13)12-3-2-10(8-16)7-11(9)12/h2-8H,1H3. The van der Waals surface area contributed by atoms with Gasteiger partial charge in [-0.2, -0.15) is 0 Å². The van der Waals surface area contributed by atoms with Gasteiger partial charge in [-0.25, -0.2) is 4.98 Å². The molecule has 16 heavy (non-hydrogen) atoms. The Bertz CT molecular complexity index is 698. The lowest BCUT2D eigenvalue weighted by Crippen LogP contribution is -1.91.